The molecule has 2 rings (SSSR count). The van der Waals surface area contributed by atoms with Crippen LogP contribution in [0.1, 0.15) is 33.6 Å². The van der Waals surface area contributed by atoms with Crippen molar-refractivity contribution in [3.8, 4) is 0 Å². The molecule has 2 N–H and O–H groups in total. The quantitative estimate of drug-likeness (QED) is 0.573. The number of hydrogen-bond donors (Lipinski definition) is 2. The van der Waals surface area contributed by atoms with Crippen LogP contribution in [-0.2, 0) is 0 Å². The number of hydrogen-bond acceptors (Lipinski definition) is 2. The monoisotopic (exact) mass is 170 g/mol. The molecule has 2 nitrogen and oxygen atoms in total. The summed E-state index contributed by atoms with van der Waals surface area (Å²) in [5, 5.41) is 19.4. The minimum Gasteiger partial charge on any atom is -0.390 e. The van der Waals surface area contributed by atoms with Gasteiger partial charge >= 0.3 is 0 Å². The van der Waals surface area contributed by atoms with Gasteiger partial charge in [0.25, 0.3) is 0 Å². The smallest absolute Gasteiger partial charge is 0.0880 e. The lowest BCUT2D eigenvalue weighted by molar-refractivity contribution is -0.0892. The maximum absolute atomic E-state index is 9.82. The lowest BCUT2D eigenvalue weighted by Crippen LogP contribution is -2.42. The number of rotatable bonds is 0. The molecule has 0 aromatic rings. The predicted molar refractivity (Wildman–Crippen MR) is 46.6 cm³/mol. The molecule has 0 aliphatic heterocycles. The highest BCUT2D eigenvalue weighted by atomic mass is 16.3. The average Bonchev–Trinajstić information content (AvgIpc) is 2.37. The second-order valence-electron chi connectivity index (χ2n) is 5.35. The van der Waals surface area contributed by atoms with Crippen molar-refractivity contribution < 1.29 is 10.2 Å². The fraction of sp³-hybridized carbons (Fsp3) is 1.00. The first-order valence-corrected chi connectivity index (χ1v) is 4.76. The fourth-order valence-electron chi connectivity index (χ4n) is 2.81. The van der Waals surface area contributed by atoms with Crippen molar-refractivity contribution in [3.05, 3.63) is 0 Å². The van der Waals surface area contributed by atoms with E-state index in [1.807, 2.05) is 0 Å². The van der Waals surface area contributed by atoms with Crippen LogP contribution in [0.25, 0.3) is 0 Å². The summed E-state index contributed by atoms with van der Waals surface area (Å²) in [6.07, 6.45) is 1.04. The van der Waals surface area contributed by atoms with Gasteiger partial charge in [-0.05, 0) is 37.0 Å². The highest BCUT2D eigenvalue weighted by Crippen LogP contribution is 2.66. The van der Waals surface area contributed by atoms with Crippen LogP contribution >= 0.6 is 0 Å². The first-order valence-electron chi connectivity index (χ1n) is 4.76. The molecule has 4 atom stereocenters. The summed E-state index contributed by atoms with van der Waals surface area (Å²) in [6.45, 7) is 6.22. The van der Waals surface area contributed by atoms with Gasteiger partial charge in [0.05, 0.1) is 11.7 Å². The molecular weight excluding hydrogens is 152 g/mol. The Morgan fingerprint density at radius 2 is 1.75 bits per heavy atom. The Bertz CT molecular complexity index is 208. The molecular formula is C10H18O2. The second kappa shape index (κ2) is 2.05. The summed E-state index contributed by atoms with van der Waals surface area (Å²) in [4.78, 5) is 0. The third-order valence-corrected chi connectivity index (χ3v) is 4.12. The van der Waals surface area contributed by atoms with Crippen molar-refractivity contribution in [1.29, 1.82) is 0 Å². The molecule has 12 heavy (non-hydrogen) atoms. The molecule has 0 unspecified atom stereocenters. The lowest BCUT2D eigenvalue weighted by Gasteiger charge is -2.32. The zero-order valence-electron chi connectivity index (χ0n) is 8.04. The van der Waals surface area contributed by atoms with E-state index in [4.69, 9.17) is 0 Å². The molecule has 0 aromatic heterocycles. The molecule has 0 saturated heterocycles. The van der Waals surface area contributed by atoms with Gasteiger partial charge in [0.2, 0.25) is 0 Å². The van der Waals surface area contributed by atoms with Gasteiger partial charge in [0.1, 0.15) is 0 Å². The normalized spacial score (nSPS) is 56.2. The SMILES string of the molecule is CC1(C)[C@@H]2C[C@H](O)[C@](C)(O)C[C@@H]21. The molecule has 0 heterocycles. The molecule has 2 saturated carbocycles. The van der Waals surface area contributed by atoms with Gasteiger partial charge in [0, 0.05) is 0 Å². The molecule has 2 heteroatoms. The van der Waals surface area contributed by atoms with Crippen LogP contribution in [-0.4, -0.2) is 21.9 Å². The predicted octanol–water partition coefficient (Wildman–Crippen LogP) is 1.16. The molecule has 2 fully saturated rings. The Kier molecular flexibility index (Phi) is 1.45. The molecule has 0 bridgehead atoms. The topological polar surface area (TPSA) is 40.5 Å². The van der Waals surface area contributed by atoms with Crippen molar-refractivity contribution in [2.75, 3.05) is 0 Å². The summed E-state index contributed by atoms with van der Waals surface area (Å²) >= 11 is 0. The van der Waals surface area contributed by atoms with Crippen molar-refractivity contribution >= 4 is 0 Å². The second-order valence-corrected chi connectivity index (χ2v) is 5.35. The van der Waals surface area contributed by atoms with Crippen LogP contribution in [0.5, 0.6) is 0 Å². The van der Waals surface area contributed by atoms with E-state index < -0.39 is 11.7 Å². The van der Waals surface area contributed by atoms with E-state index in [1.54, 1.807) is 6.92 Å². The highest BCUT2D eigenvalue weighted by Gasteiger charge is 2.63. The van der Waals surface area contributed by atoms with E-state index in [0.717, 1.165) is 12.8 Å². The third-order valence-electron chi connectivity index (χ3n) is 4.12. The Morgan fingerprint density at radius 3 is 2.25 bits per heavy atom. The minimum absolute atomic E-state index is 0.363. The van der Waals surface area contributed by atoms with Crippen LogP contribution < -0.4 is 0 Å². The lowest BCUT2D eigenvalue weighted by atomic mass is 9.84. The fourth-order valence-corrected chi connectivity index (χ4v) is 2.81. The van der Waals surface area contributed by atoms with Crippen LogP contribution in [0.4, 0.5) is 0 Å². The molecule has 0 spiro atoms. The number of fused-ring (bicyclic) bond motifs is 1. The van der Waals surface area contributed by atoms with Crippen LogP contribution in [0.3, 0.4) is 0 Å². The first kappa shape index (κ1) is 8.52. The van der Waals surface area contributed by atoms with Gasteiger partial charge in [-0.15, -0.1) is 0 Å². The molecule has 2 aliphatic rings. The third kappa shape index (κ3) is 0.944. The van der Waals surface area contributed by atoms with Gasteiger partial charge in [-0.2, -0.15) is 0 Å². The van der Waals surface area contributed by atoms with Gasteiger partial charge in [-0.25, -0.2) is 0 Å². The first-order chi connectivity index (χ1) is 5.36. The van der Waals surface area contributed by atoms with Gasteiger partial charge in [0.15, 0.2) is 0 Å². The molecule has 0 radical (unpaired) electrons. The van der Waals surface area contributed by atoms with Crippen LogP contribution in [0.15, 0.2) is 0 Å². The maximum Gasteiger partial charge on any atom is 0.0880 e. The van der Waals surface area contributed by atoms with E-state index in [0.29, 0.717) is 17.3 Å². The Balaban J connectivity index is 2.14. The minimum atomic E-state index is -0.838. The number of aliphatic hydroxyl groups excluding tert-OH is 1. The Labute approximate surface area is 73.6 Å². The average molecular weight is 170 g/mol. The zero-order valence-corrected chi connectivity index (χ0v) is 8.04. The standard InChI is InChI=1S/C10H18O2/c1-9(2)6-4-8(11)10(3,12)5-7(6)9/h6-8,11-12H,4-5H2,1-3H3/t6-,7+,8+,10-/m1/s1. The van der Waals surface area contributed by atoms with E-state index in [-0.39, 0.29) is 0 Å². The van der Waals surface area contributed by atoms with Crippen molar-refractivity contribution in [2.24, 2.45) is 17.3 Å². The largest absolute Gasteiger partial charge is 0.390 e. The summed E-state index contributed by atoms with van der Waals surface area (Å²) in [7, 11) is 0. The van der Waals surface area contributed by atoms with Crippen LogP contribution in [0, 0.1) is 17.3 Å². The summed E-state index contributed by atoms with van der Waals surface area (Å²) in [5.74, 6) is 1.28. The van der Waals surface area contributed by atoms with Crippen molar-refractivity contribution in [1.82, 2.24) is 0 Å². The summed E-state index contributed by atoms with van der Waals surface area (Å²) in [6, 6.07) is 0. The summed E-state index contributed by atoms with van der Waals surface area (Å²) in [5.41, 5.74) is -0.476. The zero-order chi connectivity index (χ0) is 9.15. The molecule has 70 valence electrons. The molecule has 0 aromatic carbocycles. The highest BCUT2D eigenvalue weighted by molar-refractivity contribution is 5.12. The maximum atomic E-state index is 9.82. The van der Waals surface area contributed by atoms with E-state index in [2.05, 4.69) is 13.8 Å². The van der Waals surface area contributed by atoms with Crippen molar-refractivity contribution in [3.63, 3.8) is 0 Å². The molecule has 0 amide bonds. The van der Waals surface area contributed by atoms with Gasteiger partial charge < -0.3 is 10.2 Å². The van der Waals surface area contributed by atoms with E-state index in [1.165, 1.54) is 0 Å². The Hall–Kier alpha value is -0.0800. The van der Waals surface area contributed by atoms with E-state index in [9.17, 15) is 10.2 Å². The number of aliphatic hydroxyl groups is 2. The molecule has 2 aliphatic carbocycles. The van der Waals surface area contributed by atoms with Crippen molar-refractivity contribution in [2.45, 2.75) is 45.3 Å². The van der Waals surface area contributed by atoms with Gasteiger partial charge in [-0.3, -0.25) is 0 Å². The van der Waals surface area contributed by atoms with Gasteiger partial charge in [-0.1, -0.05) is 13.8 Å². The Morgan fingerprint density at radius 1 is 1.17 bits per heavy atom. The summed E-state index contributed by atoms with van der Waals surface area (Å²) < 4.78 is 0. The van der Waals surface area contributed by atoms with E-state index >= 15 is 0 Å². The van der Waals surface area contributed by atoms with Crippen LogP contribution in [0.2, 0.25) is 0 Å².